The van der Waals surface area contributed by atoms with E-state index < -0.39 is 11.9 Å². The molecule has 0 amide bonds. The maximum Gasteiger partial charge on any atom is 0.341 e. The number of carboxylic acids is 1. The van der Waals surface area contributed by atoms with Crippen molar-refractivity contribution in [1.82, 2.24) is 0 Å². The van der Waals surface area contributed by atoms with Crippen LogP contribution in [0.1, 0.15) is 141 Å². The molecule has 0 spiro atoms. The molecule has 0 aliphatic carbocycles. The first-order valence-electron chi connectivity index (χ1n) is 17.8. The Hall–Kier alpha value is -4.06. The van der Waals surface area contributed by atoms with Gasteiger partial charge in [0.2, 0.25) is 0 Å². The summed E-state index contributed by atoms with van der Waals surface area (Å²) in [6.07, 6.45) is 20.4. The van der Waals surface area contributed by atoms with Gasteiger partial charge in [0.25, 0.3) is 0 Å². The van der Waals surface area contributed by atoms with Crippen molar-refractivity contribution in [2.75, 3.05) is 6.61 Å². The van der Waals surface area contributed by atoms with Gasteiger partial charge in [-0.05, 0) is 40.1 Å². The highest BCUT2D eigenvalue weighted by atomic mass is 16.5. The second kappa shape index (κ2) is 18.9. The molecule has 0 bridgehead atoms. The number of hydrogen-bond donors (Lipinski definition) is 3. The standard InChI is InChI=1S/C41H52O6/c1-2-3-4-5-6-7-8-9-10-11-12-13-14-15-16-21-26-47-41(46)37-28-31-23-18-20-25-33(31)35(39(37)43)29-34-32-24-19-17-22-30(32)27-36(38(34)42)40(44)45/h17-20,22-25,27-28,42-43H,2-16,21,26,29H2,1H3,(H,44,45). The van der Waals surface area contributed by atoms with E-state index in [0.29, 0.717) is 27.3 Å². The number of aromatic carboxylic acids is 1. The van der Waals surface area contributed by atoms with Crippen molar-refractivity contribution in [2.24, 2.45) is 0 Å². The number of ether oxygens (including phenoxy) is 1. The molecule has 0 saturated heterocycles. The number of carboxylic acid groups (broad SMARTS) is 1. The van der Waals surface area contributed by atoms with Gasteiger partial charge in [-0.3, -0.25) is 0 Å². The fourth-order valence-electron chi connectivity index (χ4n) is 6.57. The minimum Gasteiger partial charge on any atom is -0.507 e. The maximum absolute atomic E-state index is 13.2. The number of esters is 1. The number of benzene rings is 4. The van der Waals surface area contributed by atoms with Crippen molar-refractivity contribution in [3.05, 3.63) is 82.9 Å². The first-order valence-corrected chi connectivity index (χ1v) is 17.8. The van der Waals surface area contributed by atoms with Gasteiger partial charge in [0.1, 0.15) is 22.6 Å². The summed E-state index contributed by atoms with van der Waals surface area (Å²) in [5, 5.41) is 34.9. The van der Waals surface area contributed by atoms with E-state index in [9.17, 15) is 24.9 Å². The summed E-state index contributed by atoms with van der Waals surface area (Å²) >= 11 is 0. The lowest BCUT2D eigenvalue weighted by molar-refractivity contribution is 0.0494. The molecule has 0 saturated carbocycles. The van der Waals surface area contributed by atoms with E-state index in [-0.39, 0.29) is 35.7 Å². The van der Waals surface area contributed by atoms with Crippen molar-refractivity contribution in [3.8, 4) is 11.5 Å². The minimum atomic E-state index is -1.24. The Morgan fingerprint density at radius 1 is 0.574 bits per heavy atom. The molecule has 4 rings (SSSR count). The van der Waals surface area contributed by atoms with Gasteiger partial charge in [-0.1, -0.05) is 152 Å². The number of phenolic OH excluding ortho intramolecular Hbond substituents is 1. The Morgan fingerprint density at radius 3 is 1.45 bits per heavy atom. The number of rotatable bonds is 21. The fraction of sp³-hybridized carbons (Fsp3) is 0.463. The molecule has 0 aliphatic rings. The Labute approximate surface area is 279 Å². The van der Waals surface area contributed by atoms with Crippen molar-refractivity contribution in [2.45, 2.75) is 116 Å². The maximum atomic E-state index is 13.2. The van der Waals surface area contributed by atoms with E-state index in [2.05, 4.69) is 6.92 Å². The van der Waals surface area contributed by atoms with Gasteiger partial charge >= 0.3 is 11.9 Å². The van der Waals surface area contributed by atoms with Crippen LogP contribution in [0.5, 0.6) is 11.5 Å². The van der Waals surface area contributed by atoms with Gasteiger partial charge in [-0.15, -0.1) is 0 Å². The molecule has 0 atom stereocenters. The normalized spacial score (nSPS) is 11.3. The summed E-state index contributed by atoms with van der Waals surface area (Å²) in [6.45, 7) is 2.55. The third kappa shape index (κ3) is 10.2. The minimum absolute atomic E-state index is 0.0278. The van der Waals surface area contributed by atoms with Crippen LogP contribution in [0.2, 0.25) is 0 Å². The number of aromatic hydroxyl groups is 2. The summed E-state index contributed by atoms with van der Waals surface area (Å²) < 4.78 is 5.60. The Bertz CT molecular complexity index is 1610. The van der Waals surface area contributed by atoms with Gasteiger partial charge in [0.15, 0.2) is 0 Å². The summed E-state index contributed by atoms with van der Waals surface area (Å²) in [7, 11) is 0. The zero-order chi connectivity index (χ0) is 33.4. The molecular weight excluding hydrogens is 588 g/mol. The number of phenols is 2. The third-order valence-corrected chi connectivity index (χ3v) is 9.29. The largest absolute Gasteiger partial charge is 0.507 e. The number of hydrogen-bond acceptors (Lipinski definition) is 5. The smallest absolute Gasteiger partial charge is 0.341 e. The van der Waals surface area contributed by atoms with Crippen molar-refractivity contribution in [1.29, 1.82) is 0 Å². The summed E-state index contributed by atoms with van der Waals surface area (Å²) in [4.78, 5) is 25.1. The van der Waals surface area contributed by atoms with Crippen LogP contribution in [0.15, 0.2) is 60.7 Å². The predicted octanol–water partition coefficient (Wildman–Crippen LogP) is 11.1. The lowest BCUT2D eigenvalue weighted by Gasteiger charge is -2.16. The first-order chi connectivity index (χ1) is 22.9. The van der Waals surface area contributed by atoms with Crippen LogP contribution in [-0.4, -0.2) is 33.9 Å². The van der Waals surface area contributed by atoms with Crippen LogP contribution in [-0.2, 0) is 11.2 Å². The molecule has 0 aliphatic heterocycles. The molecule has 6 heteroatoms. The lowest BCUT2D eigenvalue weighted by Crippen LogP contribution is -2.09. The van der Waals surface area contributed by atoms with Crippen molar-refractivity contribution in [3.63, 3.8) is 0 Å². The molecule has 3 N–H and O–H groups in total. The van der Waals surface area contributed by atoms with Gasteiger partial charge in [-0.25, -0.2) is 9.59 Å². The molecule has 6 nitrogen and oxygen atoms in total. The molecule has 0 unspecified atom stereocenters. The van der Waals surface area contributed by atoms with Crippen LogP contribution in [0, 0.1) is 0 Å². The highest BCUT2D eigenvalue weighted by Gasteiger charge is 2.23. The van der Waals surface area contributed by atoms with E-state index >= 15 is 0 Å². The number of carbonyl (C=O) groups is 2. The Kier molecular flexibility index (Phi) is 14.4. The fourth-order valence-corrected chi connectivity index (χ4v) is 6.57. The van der Waals surface area contributed by atoms with Crippen LogP contribution >= 0.6 is 0 Å². The topological polar surface area (TPSA) is 104 Å². The van der Waals surface area contributed by atoms with Crippen LogP contribution < -0.4 is 0 Å². The summed E-state index contributed by atoms with van der Waals surface area (Å²) in [5.41, 5.74) is 0.658. The van der Waals surface area contributed by atoms with Crippen LogP contribution in [0.25, 0.3) is 21.5 Å². The second-order valence-electron chi connectivity index (χ2n) is 12.9. The molecule has 47 heavy (non-hydrogen) atoms. The van der Waals surface area contributed by atoms with Gasteiger partial charge in [0, 0.05) is 17.5 Å². The second-order valence-corrected chi connectivity index (χ2v) is 12.9. The Morgan fingerprint density at radius 2 is 0.979 bits per heavy atom. The monoisotopic (exact) mass is 640 g/mol. The molecule has 4 aromatic carbocycles. The highest BCUT2D eigenvalue weighted by Crippen LogP contribution is 2.39. The van der Waals surface area contributed by atoms with Gasteiger partial charge in [0.05, 0.1) is 6.61 Å². The van der Waals surface area contributed by atoms with Crippen LogP contribution in [0.4, 0.5) is 0 Å². The lowest BCUT2D eigenvalue weighted by atomic mass is 9.90. The molecule has 0 fully saturated rings. The molecule has 0 heterocycles. The SMILES string of the molecule is CCCCCCCCCCCCCCCCCCOC(=O)c1cc2ccccc2c(Cc2c(O)c(C(=O)O)cc3ccccc23)c1O. The van der Waals surface area contributed by atoms with Crippen molar-refractivity contribution < 1.29 is 29.6 Å². The van der Waals surface area contributed by atoms with Gasteiger partial charge < -0.3 is 20.1 Å². The average molecular weight is 641 g/mol. The molecule has 4 aromatic rings. The van der Waals surface area contributed by atoms with E-state index in [4.69, 9.17) is 4.74 Å². The third-order valence-electron chi connectivity index (χ3n) is 9.29. The first kappa shape index (κ1) is 35.8. The highest BCUT2D eigenvalue weighted by molar-refractivity contribution is 6.02. The summed E-state index contributed by atoms with van der Waals surface area (Å²) in [5.74, 6) is -2.40. The van der Waals surface area contributed by atoms with E-state index in [1.165, 1.54) is 89.5 Å². The van der Waals surface area contributed by atoms with E-state index in [1.807, 2.05) is 36.4 Å². The number of fused-ring (bicyclic) bond motifs is 2. The quantitative estimate of drug-likeness (QED) is 0.0618. The van der Waals surface area contributed by atoms with E-state index in [1.54, 1.807) is 18.2 Å². The molecule has 0 aromatic heterocycles. The molecule has 252 valence electrons. The van der Waals surface area contributed by atoms with Crippen LogP contribution in [0.3, 0.4) is 0 Å². The zero-order valence-electron chi connectivity index (χ0n) is 28.1. The zero-order valence-corrected chi connectivity index (χ0v) is 28.1. The summed E-state index contributed by atoms with van der Waals surface area (Å²) in [6, 6.07) is 17.7. The van der Waals surface area contributed by atoms with Gasteiger partial charge in [-0.2, -0.15) is 0 Å². The number of carbonyl (C=O) groups excluding carboxylic acids is 1. The Balaban J connectivity index is 1.27. The predicted molar refractivity (Wildman–Crippen MR) is 191 cm³/mol. The van der Waals surface area contributed by atoms with Crippen molar-refractivity contribution >= 4 is 33.5 Å². The average Bonchev–Trinajstić information content (AvgIpc) is 3.07. The van der Waals surface area contributed by atoms with E-state index in [0.717, 1.165) is 24.6 Å². The molecular formula is C41H52O6. The number of unbranched alkanes of at least 4 members (excludes halogenated alkanes) is 15. The molecule has 0 radical (unpaired) electrons.